The molecule has 0 radical (unpaired) electrons. The van der Waals surface area contributed by atoms with Gasteiger partial charge in [0, 0.05) is 53.1 Å². The van der Waals surface area contributed by atoms with Gasteiger partial charge in [-0.3, -0.25) is 0 Å². The Hall–Kier alpha value is -1.77. The molecule has 3 heteroatoms. The van der Waals surface area contributed by atoms with Gasteiger partial charge in [0.25, 0.3) is 0 Å². The monoisotopic (exact) mass is 336 g/mol. The molecule has 3 heterocycles. The summed E-state index contributed by atoms with van der Waals surface area (Å²) in [5, 5.41) is 2.19. The second kappa shape index (κ2) is 5.37. The summed E-state index contributed by atoms with van der Waals surface area (Å²) in [4.78, 5) is 2.46. The maximum Gasteiger partial charge on any atom is 0.0487 e. The van der Waals surface area contributed by atoms with E-state index in [1.165, 1.54) is 28.5 Å². The standard InChI is InChI=1S/C21H21ClN2/c1-23-11-16-9-15(14-5-3-2-4-6-14)12-24-20-8-7-17(22)10-18(20)19(13-23)21(16)24/h2-8,10,15-16H,9,11-13H2,1H3. The average Bonchev–Trinajstić information content (AvgIpc) is 2.90. The summed E-state index contributed by atoms with van der Waals surface area (Å²) in [5.41, 5.74) is 5.88. The number of nitrogens with zero attached hydrogens (tertiary/aromatic N) is 2. The molecule has 2 atom stereocenters. The Labute approximate surface area is 147 Å². The number of aromatic nitrogens is 1. The van der Waals surface area contributed by atoms with Crippen LogP contribution in [0.4, 0.5) is 0 Å². The van der Waals surface area contributed by atoms with Gasteiger partial charge in [0.2, 0.25) is 0 Å². The zero-order valence-corrected chi connectivity index (χ0v) is 14.6. The Morgan fingerprint density at radius 2 is 1.83 bits per heavy atom. The molecule has 3 aromatic rings. The van der Waals surface area contributed by atoms with E-state index in [0.717, 1.165) is 24.7 Å². The molecule has 2 nitrogen and oxygen atoms in total. The Kier molecular flexibility index (Phi) is 3.26. The van der Waals surface area contributed by atoms with Crippen LogP contribution in [0.5, 0.6) is 0 Å². The molecule has 0 bridgehead atoms. The third-order valence-corrected chi connectivity index (χ3v) is 6.00. The van der Waals surface area contributed by atoms with Gasteiger partial charge < -0.3 is 9.47 Å². The van der Waals surface area contributed by atoms with Crippen molar-refractivity contribution in [1.29, 1.82) is 0 Å². The minimum absolute atomic E-state index is 0.592. The maximum absolute atomic E-state index is 6.30. The lowest BCUT2D eigenvalue weighted by Gasteiger charge is -2.38. The van der Waals surface area contributed by atoms with Gasteiger partial charge >= 0.3 is 0 Å². The number of hydrogen-bond donors (Lipinski definition) is 0. The van der Waals surface area contributed by atoms with E-state index in [9.17, 15) is 0 Å². The summed E-state index contributed by atoms with van der Waals surface area (Å²) in [6.07, 6.45) is 1.24. The van der Waals surface area contributed by atoms with E-state index < -0.39 is 0 Å². The molecule has 2 aromatic carbocycles. The fraction of sp³-hybridized carbons (Fsp3) is 0.333. The third kappa shape index (κ3) is 2.13. The van der Waals surface area contributed by atoms with Gasteiger partial charge in [-0.1, -0.05) is 41.9 Å². The zero-order valence-electron chi connectivity index (χ0n) is 13.9. The molecule has 0 saturated carbocycles. The number of halogens is 1. The lowest BCUT2D eigenvalue weighted by molar-refractivity contribution is 0.244. The van der Waals surface area contributed by atoms with Gasteiger partial charge in [0.15, 0.2) is 0 Å². The highest BCUT2D eigenvalue weighted by Gasteiger charge is 2.36. The normalized spacial score (nSPS) is 23.4. The molecule has 0 amide bonds. The highest BCUT2D eigenvalue weighted by atomic mass is 35.5. The maximum atomic E-state index is 6.30. The van der Waals surface area contributed by atoms with Crippen molar-refractivity contribution >= 4 is 22.5 Å². The second-order valence-electron chi connectivity index (χ2n) is 7.37. The lowest BCUT2D eigenvalue weighted by Crippen LogP contribution is -2.35. The van der Waals surface area contributed by atoms with E-state index in [4.69, 9.17) is 11.6 Å². The Morgan fingerprint density at radius 3 is 2.67 bits per heavy atom. The second-order valence-corrected chi connectivity index (χ2v) is 7.81. The molecule has 5 rings (SSSR count). The van der Waals surface area contributed by atoms with Crippen molar-refractivity contribution in [3.05, 3.63) is 70.4 Å². The van der Waals surface area contributed by atoms with Gasteiger partial charge in [-0.15, -0.1) is 0 Å². The molecule has 2 aliphatic heterocycles. The molecule has 122 valence electrons. The Morgan fingerprint density at radius 1 is 1.00 bits per heavy atom. The van der Waals surface area contributed by atoms with Crippen LogP contribution in [0.3, 0.4) is 0 Å². The molecule has 0 saturated heterocycles. The number of hydrogen-bond acceptors (Lipinski definition) is 1. The van der Waals surface area contributed by atoms with E-state index in [2.05, 4.69) is 59.0 Å². The molecule has 1 aromatic heterocycles. The van der Waals surface area contributed by atoms with Crippen LogP contribution in [-0.4, -0.2) is 23.1 Å². The summed E-state index contributed by atoms with van der Waals surface area (Å²) < 4.78 is 2.58. The van der Waals surface area contributed by atoms with E-state index >= 15 is 0 Å². The van der Waals surface area contributed by atoms with Crippen LogP contribution >= 0.6 is 11.6 Å². The number of benzene rings is 2. The molecule has 0 aliphatic carbocycles. The van der Waals surface area contributed by atoms with Crippen LogP contribution in [-0.2, 0) is 13.1 Å². The fourth-order valence-corrected chi connectivity index (χ4v) is 5.01. The largest absolute Gasteiger partial charge is 0.343 e. The quantitative estimate of drug-likeness (QED) is 0.606. The Balaban J connectivity index is 1.71. The van der Waals surface area contributed by atoms with Gasteiger partial charge in [0.05, 0.1) is 0 Å². The van der Waals surface area contributed by atoms with Crippen LogP contribution < -0.4 is 0 Å². The highest BCUT2D eigenvalue weighted by Crippen LogP contribution is 2.45. The molecule has 2 aliphatic rings. The minimum atomic E-state index is 0.592. The molecule has 2 unspecified atom stereocenters. The Bertz CT molecular complexity index is 912. The first-order valence-corrected chi connectivity index (χ1v) is 9.12. The first kappa shape index (κ1) is 14.6. The van der Waals surface area contributed by atoms with Gasteiger partial charge in [-0.25, -0.2) is 0 Å². The SMILES string of the molecule is CN1Cc2c3n(c4ccc(Cl)cc24)CC(c2ccccc2)CC3C1. The van der Waals surface area contributed by atoms with Crippen molar-refractivity contribution in [2.75, 3.05) is 13.6 Å². The molecule has 24 heavy (non-hydrogen) atoms. The van der Waals surface area contributed by atoms with Gasteiger partial charge in [-0.2, -0.15) is 0 Å². The molecular weight excluding hydrogens is 316 g/mol. The lowest BCUT2D eigenvalue weighted by atomic mass is 9.81. The third-order valence-electron chi connectivity index (χ3n) is 5.76. The average molecular weight is 337 g/mol. The summed E-state index contributed by atoms with van der Waals surface area (Å²) in [7, 11) is 2.24. The van der Waals surface area contributed by atoms with Crippen LogP contribution in [0.2, 0.25) is 5.02 Å². The summed E-state index contributed by atoms with van der Waals surface area (Å²) in [6.45, 7) is 3.27. The molecule has 0 spiro atoms. The van der Waals surface area contributed by atoms with Crippen LogP contribution in [0.1, 0.15) is 35.1 Å². The molecular formula is C21H21ClN2. The predicted molar refractivity (Wildman–Crippen MR) is 99.8 cm³/mol. The topological polar surface area (TPSA) is 8.17 Å². The highest BCUT2D eigenvalue weighted by molar-refractivity contribution is 6.31. The van der Waals surface area contributed by atoms with E-state index in [1.807, 2.05) is 6.07 Å². The summed E-state index contributed by atoms with van der Waals surface area (Å²) >= 11 is 6.30. The van der Waals surface area contributed by atoms with Gasteiger partial charge in [-0.05, 0) is 42.8 Å². The minimum Gasteiger partial charge on any atom is -0.343 e. The van der Waals surface area contributed by atoms with Crippen LogP contribution in [0, 0.1) is 0 Å². The summed E-state index contributed by atoms with van der Waals surface area (Å²) in [6, 6.07) is 17.4. The predicted octanol–water partition coefficient (Wildman–Crippen LogP) is 5.01. The fourth-order valence-electron chi connectivity index (χ4n) is 4.83. The van der Waals surface area contributed by atoms with E-state index in [1.54, 1.807) is 5.69 Å². The van der Waals surface area contributed by atoms with Crippen molar-refractivity contribution in [3.8, 4) is 0 Å². The number of rotatable bonds is 1. The van der Waals surface area contributed by atoms with E-state index in [-0.39, 0.29) is 0 Å². The molecule has 0 fully saturated rings. The molecule has 0 N–H and O–H groups in total. The smallest absolute Gasteiger partial charge is 0.0487 e. The van der Waals surface area contributed by atoms with Crippen molar-refractivity contribution in [3.63, 3.8) is 0 Å². The zero-order chi connectivity index (χ0) is 16.3. The van der Waals surface area contributed by atoms with Crippen molar-refractivity contribution in [2.45, 2.75) is 31.3 Å². The summed E-state index contributed by atoms with van der Waals surface area (Å²) in [5.74, 6) is 1.21. The van der Waals surface area contributed by atoms with Gasteiger partial charge in [0.1, 0.15) is 0 Å². The van der Waals surface area contributed by atoms with Crippen molar-refractivity contribution < 1.29 is 0 Å². The number of likely N-dealkylation sites (N-methyl/N-ethyl adjacent to an activating group) is 1. The van der Waals surface area contributed by atoms with Crippen molar-refractivity contribution in [1.82, 2.24) is 9.47 Å². The first-order valence-electron chi connectivity index (χ1n) is 8.74. The van der Waals surface area contributed by atoms with Crippen LogP contribution in [0.15, 0.2) is 48.5 Å². The number of fused-ring (bicyclic) bond motifs is 3. The van der Waals surface area contributed by atoms with Crippen LogP contribution in [0.25, 0.3) is 10.9 Å². The van der Waals surface area contributed by atoms with Crippen molar-refractivity contribution in [2.24, 2.45) is 0 Å². The first-order chi connectivity index (χ1) is 11.7. The van der Waals surface area contributed by atoms with E-state index in [0.29, 0.717) is 11.8 Å².